The molecule has 11 heteroatoms. The molecule has 0 aliphatic heterocycles. The van der Waals surface area contributed by atoms with Crippen LogP contribution < -0.4 is 21.7 Å². The number of amides is 3. The van der Waals surface area contributed by atoms with E-state index in [-0.39, 0.29) is 5.92 Å². The number of carboxylic acid groups (broad SMARTS) is 1. The third-order valence-corrected chi connectivity index (χ3v) is 4.96. The van der Waals surface area contributed by atoms with E-state index in [9.17, 15) is 19.2 Å². The van der Waals surface area contributed by atoms with Crippen LogP contribution in [-0.2, 0) is 19.2 Å². The predicted octanol–water partition coefficient (Wildman–Crippen LogP) is -1.34. The molecule has 0 rings (SSSR count). The number of thioether (sulfide) groups is 1. The van der Waals surface area contributed by atoms with Crippen molar-refractivity contribution in [3.8, 4) is 0 Å². The summed E-state index contributed by atoms with van der Waals surface area (Å²) in [6.45, 7) is 4.23. The molecule has 0 spiro atoms. The molecule has 0 aromatic heterocycles. The van der Waals surface area contributed by atoms with E-state index in [1.165, 1.54) is 6.92 Å². The van der Waals surface area contributed by atoms with Crippen molar-refractivity contribution in [2.24, 2.45) is 11.7 Å². The molecule has 0 radical (unpaired) electrons. The molecule has 0 saturated carbocycles. The summed E-state index contributed by atoms with van der Waals surface area (Å²) in [5.74, 6) is -2.76. The number of hydrogen-bond donors (Lipinski definition) is 6. The fourth-order valence-electron chi connectivity index (χ4n) is 2.19. The van der Waals surface area contributed by atoms with Crippen LogP contribution in [-0.4, -0.2) is 76.7 Å². The summed E-state index contributed by atoms with van der Waals surface area (Å²) in [5, 5.41) is 25.3. The van der Waals surface area contributed by atoms with E-state index >= 15 is 0 Å². The first kappa shape index (κ1) is 26.1. The first-order valence-electron chi connectivity index (χ1n) is 9.08. The fraction of sp³-hybridized carbons (Fsp3) is 0.765. The van der Waals surface area contributed by atoms with E-state index < -0.39 is 54.5 Å². The molecule has 0 aromatic rings. The molecule has 7 N–H and O–H groups in total. The van der Waals surface area contributed by atoms with Crippen LogP contribution in [0.25, 0.3) is 0 Å². The van der Waals surface area contributed by atoms with E-state index in [0.717, 1.165) is 0 Å². The first-order chi connectivity index (χ1) is 13.1. The van der Waals surface area contributed by atoms with E-state index in [1.54, 1.807) is 18.7 Å². The first-order valence-corrected chi connectivity index (χ1v) is 10.5. The van der Waals surface area contributed by atoms with E-state index in [2.05, 4.69) is 16.0 Å². The monoisotopic (exact) mass is 420 g/mol. The van der Waals surface area contributed by atoms with Crippen molar-refractivity contribution in [3.05, 3.63) is 0 Å². The van der Waals surface area contributed by atoms with Gasteiger partial charge in [0.1, 0.15) is 18.1 Å². The quantitative estimate of drug-likeness (QED) is 0.213. The van der Waals surface area contributed by atoms with Gasteiger partial charge in [-0.1, -0.05) is 20.3 Å². The third-order valence-electron chi connectivity index (χ3n) is 4.31. The largest absolute Gasteiger partial charge is 0.480 e. The normalized spacial score (nSPS) is 16.2. The maximum Gasteiger partial charge on any atom is 0.328 e. The van der Waals surface area contributed by atoms with Crippen LogP contribution in [0.1, 0.15) is 33.6 Å². The van der Waals surface area contributed by atoms with Crippen molar-refractivity contribution in [1.29, 1.82) is 0 Å². The molecule has 28 heavy (non-hydrogen) atoms. The lowest BCUT2D eigenvalue weighted by atomic mass is 9.97. The van der Waals surface area contributed by atoms with Gasteiger partial charge >= 0.3 is 5.97 Å². The summed E-state index contributed by atoms with van der Waals surface area (Å²) in [5.41, 5.74) is 5.77. The van der Waals surface area contributed by atoms with E-state index in [4.69, 9.17) is 15.9 Å². The smallest absolute Gasteiger partial charge is 0.328 e. The Morgan fingerprint density at radius 1 is 1.04 bits per heavy atom. The molecule has 0 saturated heterocycles. The maximum atomic E-state index is 12.4. The minimum Gasteiger partial charge on any atom is -0.480 e. The second-order valence-electron chi connectivity index (χ2n) is 6.57. The van der Waals surface area contributed by atoms with Gasteiger partial charge in [-0.05, 0) is 31.3 Å². The molecule has 5 atom stereocenters. The van der Waals surface area contributed by atoms with Crippen molar-refractivity contribution >= 4 is 35.5 Å². The minimum absolute atomic E-state index is 0.302. The van der Waals surface area contributed by atoms with Crippen LogP contribution in [0.5, 0.6) is 0 Å². The van der Waals surface area contributed by atoms with Crippen molar-refractivity contribution < 1.29 is 29.4 Å². The zero-order valence-corrected chi connectivity index (χ0v) is 17.5. The van der Waals surface area contributed by atoms with Crippen LogP contribution in [0, 0.1) is 5.92 Å². The number of carbonyl (C=O) groups excluding carboxylic acids is 3. The second-order valence-corrected chi connectivity index (χ2v) is 7.56. The van der Waals surface area contributed by atoms with Crippen LogP contribution in [0.3, 0.4) is 0 Å². The van der Waals surface area contributed by atoms with E-state index in [1.807, 2.05) is 13.2 Å². The Hall–Kier alpha value is -1.85. The molecule has 5 unspecified atom stereocenters. The van der Waals surface area contributed by atoms with E-state index in [0.29, 0.717) is 18.6 Å². The average Bonchev–Trinajstić information content (AvgIpc) is 2.66. The molecule has 0 aliphatic carbocycles. The van der Waals surface area contributed by atoms with Gasteiger partial charge in [-0.25, -0.2) is 4.79 Å². The number of aliphatic hydroxyl groups excluding tert-OH is 1. The lowest BCUT2D eigenvalue weighted by molar-refractivity contribution is -0.143. The second kappa shape index (κ2) is 13.3. The molecule has 0 bridgehead atoms. The highest BCUT2D eigenvalue weighted by Gasteiger charge is 2.31. The summed E-state index contributed by atoms with van der Waals surface area (Å²) in [7, 11) is 0. The van der Waals surface area contributed by atoms with Crippen LogP contribution >= 0.6 is 11.8 Å². The summed E-state index contributed by atoms with van der Waals surface area (Å²) in [6, 6.07) is -4.16. The molecule has 0 aliphatic rings. The van der Waals surface area contributed by atoms with Crippen molar-refractivity contribution in [3.63, 3.8) is 0 Å². The molecular formula is C17H32N4O6S. The standard InChI is InChI=1S/C17H32N4O6S/c1-5-9(2)13(16(25)20-12(8-22)17(26)27)21-14(23)10(3)19-15(24)11(18)6-7-28-4/h9-13,22H,5-8,18H2,1-4H3,(H,19,24)(H,20,25)(H,21,23)(H,26,27). The Balaban J connectivity index is 4.99. The summed E-state index contributed by atoms with van der Waals surface area (Å²) >= 11 is 1.56. The van der Waals surface area contributed by atoms with Crippen LogP contribution in [0.2, 0.25) is 0 Å². The summed E-state index contributed by atoms with van der Waals surface area (Å²) in [4.78, 5) is 47.9. The number of aliphatic hydroxyl groups is 1. The Morgan fingerprint density at radius 3 is 2.11 bits per heavy atom. The van der Waals surface area contributed by atoms with Crippen molar-refractivity contribution in [1.82, 2.24) is 16.0 Å². The van der Waals surface area contributed by atoms with Gasteiger partial charge in [0.25, 0.3) is 0 Å². The molecule has 162 valence electrons. The van der Waals surface area contributed by atoms with Crippen LogP contribution in [0.4, 0.5) is 0 Å². The number of carbonyl (C=O) groups is 4. The van der Waals surface area contributed by atoms with Crippen molar-refractivity contribution in [2.45, 2.75) is 57.8 Å². The molecule has 3 amide bonds. The van der Waals surface area contributed by atoms with Gasteiger partial charge in [0.2, 0.25) is 17.7 Å². The lowest BCUT2D eigenvalue weighted by Gasteiger charge is -2.26. The lowest BCUT2D eigenvalue weighted by Crippen LogP contribution is -2.58. The maximum absolute atomic E-state index is 12.4. The zero-order chi connectivity index (χ0) is 21.9. The minimum atomic E-state index is -1.47. The highest BCUT2D eigenvalue weighted by Crippen LogP contribution is 2.09. The van der Waals surface area contributed by atoms with Gasteiger partial charge in [-0.15, -0.1) is 0 Å². The van der Waals surface area contributed by atoms with Gasteiger partial charge < -0.3 is 31.9 Å². The van der Waals surface area contributed by atoms with Gasteiger partial charge in [-0.3, -0.25) is 14.4 Å². The highest BCUT2D eigenvalue weighted by atomic mass is 32.2. The average molecular weight is 421 g/mol. The SMILES string of the molecule is CCC(C)C(NC(=O)C(C)NC(=O)C(N)CCSC)C(=O)NC(CO)C(=O)O. The highest BCUT2D eigenvalue weighted by molar-refractivity contribution is 7.98. The Labute approximate surface area is 169 Å². The third kappa shape index (κ3) is 8.89. The summed E-state index contributed by atoms with van der Waals surface area (Å²) in [6.07, 6.45) is 2.90. The number of carboxylic acids is 1. The van der Waals surface area contributed by atoms with Gasteiger partial charge in [0, 0.05) is 0 Å². The Bertz CT molecular complexity index is 548. The zero-order valence-electron chi connectivity index (χ0n) is 16.7. The van der Waals surface area contributed by atoms with Crippen LogP contribution in [0.15, 0.2) is 0 Å². The Morgan fingerprint density at radius 2 is 1.64 bits per heavy atom. The number of aliphatic carboxylic acids is 1. The number of nitrogens with two attached hydrogens (primary N) is 1. The summed E-state index contributed by atoms with van der Waals surface area (Å²) < 4.78 is 0. The Kier molecular flexibility index (Phi) is 12.5. The fourth-order valence-corrected chi connectivity index (χ4v) is 2.68. The molecular weight excluding hydrogens is 388 g/mol. The topological polar surface area (TPSA) is 171 Å². The van der Waals surface area contributed by atoms with Gasteiger partial charge in [0.15, 0.2) is 0 Å². The van der Waals surface area contributed by atoms with Gasteiger partial charge in [0.05, 0.1) is 12.6 Å². The molecule has 0 heterocycles. The predicted molar refractivity (Wildman–Crippen MR) is 107 cm³/mol. The molecule has 10 nitrogen and oxygen atoms in total. The molecule has 0 fully saturated rings. The van der Waals surface area contributed by atoms with Gasteiger partial charge in [-0.2, -0.15) is 11.8 Å². The molecule has 0 aromatic carbocycles. The number of nitrogens with one attached hydrogen (secondary N) is 3. The van der Waals surface area contributed by atoms with Crippen molar-refractivity contribution in [2.75, 3.05) is 18.6 Å². The number of hydrogen-bond acceptors (Lipinski definition) is 7. The number of rotatable bonds is 13.